The number of amides is 4. The van der Waals surface area contributed by atoms with Gasteiger partial charge in [-0.2, -0.15) is 4.31 Å². The molecule has 37 heavy (non-hydrogen) atoms. The summed E-state index contributed by atoms with van der Waals surface area (Å²) in [5.41, 5.74) is -0.114. The lowest BCUT2D eigenvalue weighted by Crippen LogP contribution is -2.62. The molecule has 0 radical (unpaired) electrons. The average Bonchev–Trinajstić information content (AvgIpc) is 3.50. The Morgan fingerprint density at radius 1 is 1.22 bits per heavy atom. The Morgan fingerprint density at radius 3 is 2.54 bits per heavy atom. The van der Waals surface area contributed by atoms with Crippen LogP contribution in [0.4, 0.5) is 4.79 Å². The third-order valence-corrected chi connectivity index (χ3v) is 10.5. The molecule has 4 amide bonds. The fourth-order valence-corrected chi connectivity index (χ4v) is 8.34. The van der Waals surface area contributed by atoms with E-state index in [2.05, 4.69) is 17.2 Å². The lowest BCUT2D eigenvalue weighted by Gasteiger charge is -2.41. The minimum atomic E-state index is -3.72. The largest absolute Gasteiger partial charge is 0.463 e. The number of urea groups is 1. The zero-order valence-corrected chi connectivity index (χ0v) is 22.3. The van der Waals surface area contributed by atoms with Crippen molar-refractivity contribution in [2.24, 2.45) is 5.92 Å². The van der Waals surface area contributed by atoms with Crippen molar-refractivity contribution in [2.45, 2.75) is 36.1 Å². The first-order chi connectivity index (χ1) is 17.5. The second-order valence-electron chi connectivity index (χ2n) is 9.40. The number of piperidine rings is 1. The summed E-state index contributed by atoms with van der Waals surface area (Å²) in [7, 11) is -3.72. The number of nitrogens with one attached hydrogen (secondary N) is 2. The Hall–Kier alpha value is -2.93. The summed E-state index contributed by atoms with van der Waals surface area (Å²) < 4.78 is 33.5. The number of rotatable bonds is 7. The summed E-state index contributed by atoms with van der Waals surface area (Å²) >= 11 is 6.92. The SMILES string of the molecule is C=C(C)Oc1ccc2c(c1)CN(CC1(C3CCN(S(=O)(=O)c4ccc(Cl)s4)CC3)NC(=O)NC1=O)C2=O. The standard InChI is InChI=1S/C24H25ClN4O6S2/c1-14(2)35-17-3-4-18-15(11-17)12-28(21(18)30)13-24(22(31)26-23(32)27-24)16-7-9-29(10-8-16)37(33,34)20-6-5-19(25)36-20/h3-6,11,16H,1,7-10,12-13H2,2H3,(H2,26,27,31,32). The minimum absolute atomic E-state index is 0.0350. The van der Waals surface area contributed by atoms with Gasteiger partial charge in [-0.15, -0.1) is 11.3 Å². The van der Waals surface area contributed by atoms with Crippen LogP contribution in [0.1, 0.15) is 35.7 Å². The topological polar surface area (TPSA) is 125 Å². The number of halogens is 1. The number of benzene rings is 1. The smallest absolute Gasteiger partial charge is 0.322 e. The van der Waals surface area contributed by atoms with Crippen molar-refractivity contribution in [3.8, 4) is 5.75 Å². The summed E-state index contributed by atoms with van der Waals surface area (Å²) in [6.45, 7) is 6.00. The van der Waals surface area contributed by atoms with Crippen LogP contribution in [0.3, 0.4) is 0 Å². The first-order valence-corrected chi connectivity index (χ1v) is 14.3. The van der Waals surface area contributed by atoms with Crippen molar-refractivity contribution in [2.75, 3.05) is 19.6 Å². The molecule has 4 heterocycles. The van der Waals surface area contributed by atoms with Crippen molar-refractivity contribution in [1.82, 2.24) is 19.8 Å². The third kappa shape index (κ3) is 4.63. The van der Waals surface area contributed by atoms with Gasteiger partial charge in [0.05, 0.1) is 16.6 Å². The van der Waals surface area contributed by atoms with Crippen molar-refractivity contribution < 1.29 is 27.5 Å². The summed E-state index contributed by atoms with van der Waals surface area (Å²) in [4.78, 5) is 40.1. The monoisotopic (exact) mass is 564 g/mol. The number of hydrogen-bond donors (Lipinski definition) is 2. The molecule has 1 atom stereocenters. The van der Waals surface area contributed by atoms with E-state index in [9.17, 15) is 22.8 Å². The van der Waals surface area contributed by atoms with E-state index in [0.717, 1.165) is 16.9 Å². The number of thiophene rings is 1. The number of ether oxygens (including phenoxy) is 1. The van der Waals surface area contributed by atoms with Crippen LogP contribution >= 0.6 is 22.9 Å². The van der Waals surface area contributed by atoms with Gasteiger partial charge in [0.2, 0.25) is 0 Å². The molecule has 10 nitrogen and oxygen atoms in total. The van der Waals surface area contributed by atoms with Gasteiger partial charge in [-0.3, -0.25) is 14.9 Å². The van der Waals surface area contributed by atoms with Crippen LogP contribution in [-0.2, 0) is 21.4 Å². The lowest BCUT2D eigenvalue weighted by molar-refractivity contribution is -0.127. The number of carbonyl (C=O) groups excluding carboxylic acids is 3. The second-order valence-corrected chi connectivity index (χ2v) is 13.3. The summed E-state index contributed by atoms with van der Waals surface area (Å²) in [6, 6.07) is 7.51. The quantitative estimate of drug-likeness (QED) is 0.393. The number of allylic oxidation sites excluding steroid dienone is 1. The van der Waals surface area contributed by atoms with Crippen molar-refractivity contribution in [1.29, 1.82) is 0 Å². The summed E-state index contributed by atoms with van der Waals surface area (Å²) in [5, 5.41) is 5.09. The third-order valence-electron chi connectivity index (χ3n) is 6.95. The molecule has 196 valence electrons. The summed E-state index contributed by atoms with van der Waals surface area (Å²) in [5.74, 6) is -0.0704. The van der Waals surface area contributed by atoms with Gasteiger partial charge in [-0.1, -0.05) is 18.2 Å². The molecule has 2 saturated heterocycles. The van der Waals surface area contributed by atoms with E-state index in [1.807, 2.05) is 0 Å². The molecular weight excluding hydrogens is 540 g/mol. The molecule has 0 aliphatic carbocycles. The van der Waals surface area contributed by atoms with Crippen LogP contribution in [0, 0.1) is 5.92 Å². The number of carbonyl (C=O) groups is 3. The zero-order chi connectivity index (χ0) is 26.5. The Bertz CT molecular complexity index is 1420. The van der Waals surface area contributed by atoms with Gasteiger partial charge < -0.3 is 15.0 Å². The van der Waals surface area contributed by atoms with E-state index in [0.29, 0.717) is 34.3 Å². The van der Waals surface area contributed by atoms with Gasteiger partial charge in [-0.25, -0.2) is 13.2 Å². The molecule has 13 heteroatoms. The van der Waals surface area contributed by atoms with Gasteiger partial charge in [0.15, 0.2) is 0 Å². The molecule has 0 bridgehead atoms. The highest BCUT2D eigenvalue weighted by molar-refractivity contribution is 7.91. The first-order valence-electron chi connectivity index (χ1n) is 11.6. The van der Waals surface area contributed by atoms with E-state index < -0.39 is 27.5 Å². The van der Waals surface area contributed by atoms with Crippen LogP contribution in [0.2, 0.25) is 4.34 Å². The molecule has 0 saturated carbocycles. The molecule has 0 spiro atoms. The van der Waals surface area contributed by atoms with Crippen LogP contribution in [0.5, 0.6) is 5.75 Å². The molecule has 2 aromatic rings. The van der Waals surface area contributed by atoms with Gasteiger partial charge >= 0.3 is 6.03 Å². The Labute approximate surface area is 223 Å². The van der Waals surface area contributed by atoms with Crippen molar-refractivity contribution >= 4 is 50.8 Å². The number of hydrogen-bond acceptors (Lipinski definition) is 7. The fraction of sp³-hybridized carbons (Fsp3) is 0.375. The summed E-state index contributed by atoms with van der Waals surface area (Å²) in [6.07, 6.45) is 0.662. The van der Waals surface area contributed by atoms with E-state index in [1.165, 1.54) is 21.3 Å². The molecule has 3 aliphatic rings. The van der Waals surface area contributed by atoms with E-state index in [4.69, 9.17) is 16.3 Å². The molecule has 1 unspecified atom stereocenters. The first kappa shape index (κ1) is 25.7. The van der Waals surface area contributed by atoms with Crippen LogP contribution in [0.15, 0.2) is 46.9 Å². The lowest BCUT2D eigenvalue weighted by atomic mass is 9.77. The average molecular weight is 565 g/mol. The Kier molecular flexibility index (Phi) is 6.55. The minimum Gasteiger partial charge on any atom is -0.463 e. The highest BCUT2D eigenvalue weighted by Gasteiger charge is 2.54. The molecule has 2 N–H and O–H groups in total. The number of nitrogens with zero attached hydrogens (tertiary/aromatic N) is 2. The maximum Gasteiger partial charge on any atom is 0.322 e. The Balaban J connectivity index is 1.35. The van der Waals surface area contributed by atoms with Crippen molar-refractivity contribution in [3.63, 3.8) is 0 Å². The maximum atomic E-state index is 13.2. The fourth-order valence-electron chi connectivity index (χ4n) is 5.24. The van der Waals surface area contributed by atoms with Crippen LogP contribution in [-0.4, -0.2) is 60.6 Å². The van der Waals surface area contributed by atoms with E-state index in [1.54, 1.807) is 25.1 Å². The molecule has 1 aromatic heterocycles. The van der Waals surface area contributed by atoms with Crippen LogP contribution < -0.4 is 15.4 Å². The van der Waals surface area contributed by atoms with E-state index >= 15 is 0 Å². The van der Waals surface area contributed by atoms with Gasteiger partial charge in [0.25, 0.3) is 21.8 Å². The number of fused-ring (bicyclic) bond motifs is 1. The Morgan fingerprint density at radius 2 is 1.95 bits per heavy atom. The molecule has 2 fully saturated rings. The predicted molar refractivity (Wildman–Crippen MR) is 137 cm³/mol. The highest BCUT2D eigenvalue weighted by atomic mass is 35.5. The number of sulfonamides is 1. The second kappa shape index (κ2) is 9.43. The van der Waals surface area contributed by atoms with Gasteiger partial charge in [-0.05, 0) is 61.6 Å². The molecule has 3 aliphatic heterocycles. The maximum absolute atomic E-state index is 13.2. The molecule has 5 rings (SSSR count). The predicted octanol–water partition coefficient (Wildman–Crippen LogP) is 2.95. The van der Waals surface area contributed by atoms with Crippen molar-refractivity contribution in [3.05, 3.63) is 58.1 Å². The molecular formula is C24H25ClN4O6S2. The van der Waals surface area contributed by atoms with Gasteiger partial charge in [0.1, 0.15) is 15.5 Å². The van der Waals surface area contributed by atoms with Gasteiger partial charge in [0, 0.05) is 25.2 Å². The number of imide groups is 1. The molecule has 1 aromatic carbocycles. The zero-order valence-electron chi connectivity index (χ0n) is 20.0. The van der Waals surface area contributed by atoms with Crippen LogP contribution in [0.25, 0.3) is 0 Å². The normalized spacial score (nSPS) is 22.6. The highest BCUT2D eigenvalue weighted by Crippen LogP contribution is 2.37. The van der Waals surface area contributed by atoms with E-state index in [-0.39, 0.29) is 42.2 Å².